The summed E-state index contributed by atoms with van der Waals surface area (Å²) in [6.45, 7) is 5.53. The molecule has 30 heavy (non-hydrogen) atoms. The number of hydrogen-bond donors (Lipinski definition) is 1. The molecule has 7 nitrogen and oxygen atoms in total. The summed E-state index contributed by atoms with van der Waals surface area (Å²) in [6, 6.07) is 13.1. The quantitative estimate of drug-likeness (QED) is 0.520. The van der Waals surface area contributed by atoms with Crippen molar-refractivity contribution in [2.45, 2.75) is 12.8 Å². The first kappa shape index (κ1) is 21.7. The van der Waals surface area contributed by atoms with Gasteiger partial charge in [-0.2, -0.15) is 0 Å². The number of methoxy groups -OCH3 is 1. The molecule has 0 unspecified atom stereocenters. The van der Waals surface area contributed by atoms with Crippen LogP contribution in [-0.4, -0.2) is 57.3 Å². The van der Waals surface area contributed by atoms with Gasteiger partial charge in [0.05, 0.1) is 18.5 Å². The molecule has 0 atom stereocenters. The highest BCUT2D eigenvalue weighted by Gasteiger charge is 2.18. The second-order valence-corrected chi connectivity index (χ2v) is 7.12. The molecule has 8 heteroatoms. The van der Waals surface area contributed by atoms with Crippen molar-refractivity contribution in [2.24, 2.45) is 10.2 Å². The maximum absolute atomic E-state index is 12.8. The zero-order valence-corrected chi connectivity index (χ0v) is 17.3. The van der Waals surface area contributed by atoms with E-state index in [-0.39, 0.29) is 5.82 Å². The molecule has 2 aromatic rings. The third-order valence-corrected chi connectivity index (χ3v) is 5.06. The molecule has 3 rings (SSSR count). The average molecular weight is 412 g/mol. The van der Waals surface area contributed by atoms with E-state index in [1.54, 1.807) is 7.11 Å². The number of azo groups is 1. The molecule has 0 saturated carbocycles. The van der Waals surface area contributed by atoms with Gasteiger partial charge in [-0.05, 0) is 55.8 Å². The highest BCUT2D eigenvalue weighted by Crippen LogP contribution is 2.28. The van der Waals surface area contributed by atoms with E-state index < -0.39 is 6.03 Å². The Hall–Kier alpha value is -3.00. The van der Waals surface area contributed by atoms with Crippen molar-refractivity contribution >= 4 is 17.4 Å². The number of urea groups is 1. The zero-order valence-electron chi connectivity index (χ0n) is 17.3. The highest BCUT2D eigenvalue weighted by atomic mass is 18.2. The van der Waals surface area contributed by atoms with Crippen molar-refractivity contribution in [3.8, 4) is 5.75 Å². The molecule has 0 radical (unpaired) electrons. The number of halogens is 1. The molecule has 0 aromatic heterocycles. The van der Waals surface area contributed by atoms with Crippen LogP contribution in [0.5, 0.6) is 5.75 Å². The van der Waals surface area contributed by atoms with Gasteiger partial charge in [0.2, 0.25) is 0 Å². The normalized spacial score (nSPS) is 14.8. The summed E-state index contributed by atoms with van der Waals surface area (Å²) in [5.74, 6) is 0.567. The number of carbonyl (C=O) groups is 1. The van der Waals surface area contributed by atoms with E-state index >= 15 is 0 Å². The first-order valence-corrected chi connectivity index (χ1v) is 10.2. The second-order valence-electron chi connectivity index (χ2n) is 7.12. The molecule has 1 heterocycles. The maximum atomic E-state index is 12.8. The lowest BCUT2D eigenvalue weighted by Crippen LogP contribution is -2.46. The Morgan fingerprint density at radius 3 is 2.53 bits per heavy atom. The number of nitrogens with zero attached hydrogens (tertiary/aromatic N) is 4. The largest absolute Gasteiger partial charge is 0.495 e. The van der Waals surface area contributed by atoms with Gasteiger partial charge < -0.3 is 15.0 Å². The van der Waals surface area contributed by atoms with E-state index in [1.807, 2.05) is 18.2 Å². The molecule has 2 amide bonds. The van der Waals surface area contributed by atoms with Crippen LogP contribution >= 0.6 is 0 Å². The fourth-order valence-electron chi connectivity index (χ4n) is 3.41. The summed E-state index contributed by atoms with van der Waals surface area (Å²) in [5, 5.41) is 10.1. The number of piperazine rings is 1. The lowest BCUT2D eigenvalue weighted by molar-refractivity contribution is 0.244. The number of hydrogen-bond acceptors (Lipinski definition) is 5. The molecule has 2 aromatic carbocycles. The van der Waals surface area contributed by atoms with E-state index in [0.717, 1.165) is 57.0 Å². The molecule has 0 bridgehead atoms. The van der Waals surface area contributed by atoms with Crippen LogP contribution in [0.4, 0.5) is 20.6 Å². The van der Waals surface area contributed by atoms with E-state index in [1.165, 1.54) is 24.3 Å². The molecule has 1 aliphatic heterocycles. The topological polar surface area (TPSA) is 69.5 Å². The first-order chi connectivity index (χ1) is 14.7. The fraction of sp³-hybridized carbons (Fsp3) is 0.409. The second kappa shape index (κ2) is 11.3. The molecule has 1 saturated heterocycles. The first-order valence-electron chi connectivity index (χ1n) is 10.2. The number of ether oxygens (including phenoxy) is 1. The van der Waals surface area contributed by atoms with E-state index in [4.69, 9.17) is 4.74 Å². The molecule has 1 aliphatic rings. The number of benzene rings is 2. The summed E-state index contributed by atoms with van der Waals surface area (Å²) in [5.41, 5.74) is 1.59. The zero-order chi connectivity index (χ0) is 21.2. The molecule has 0 aliphatic carbocycles. The Labute approximate surface area is 176 Å². The van der Waals surface area contributed by atoms with Crippen molar-refractivity contribution in [1.82, 2.24) is 10.2 Å². The monoisotopic (exact) mass is 412 g/mol. The molecule has 1 fully saturated rings. The maximum Gasteiger partial charge on any atom is 0.359 e. The number of para-hydroxylation sites is 2. The van der Waals surface area contributed by atoms with Crippen LogP contribution in [0, 0.1) is 5.82 Å². The third kappa shape index (κ3) is 6.52. The smallest absolute Gasteiger partial charge is 0.359 e. The van der Waals surface area contributed by atoms with Crippen molar-refractivity contribution in [3.05, 3.63) is 54.3 Å². The van der Waals surface area contributed by atoms with Gasteiger partial charge in [-0.1, -0.05) is 17.2 Å². The average Bonchev–Trinajstić information content (AvgIpc) is 2.79. The standard InChI is InChI=1S/C22H28FN5O2/c1-30-21-7-3-2-6-20(21)28-16-14-27(15-17-28)13-5-4-12-24-22(29)26-25-19-10-8-18(23)9-11-19/h2-3,6-11H,4-5,12-17H2,1H3,(H,24,29)/i23-1. The highest BCUT2D eigenvalue weighted by molar-refractivity contribution is 5.74. The van der Waals surface area contributed by atoms with Crippen LogP contribution in [0.2, 0.25) is 0 Å². The Bertz CT molecular complexity index is 836. The van der Waals surface area contributed by atoms with Crippen molar-refractivity contribution in [3.63, 3.8) is 0 Å². The van der Waals surface area contributed by atoms with Crippen LogP contribution in [-0.2, 0) is 0 Å². The summed E-state index contributed by atoms with van der Waals surface area (Å²) in [4.78, 5) is 16.5. The predicted octanol–water partition coefficient (Wildman–Crippen LogP) is 4.23. The van der Waals surface area contributed by atoms with E-state index in [0.29, 0.717) is 12.2 Å². The molecular formula is C22H28FN5O2. The Morgan fingerprint density at radius 2 is 1.80 bits per heavy atom. The van der Waals surface area contributed by atoms with E-state index in [2.05, 4.69) is 31.4 Å². The Balaban J connectivity index is 1.29. The van der Waals surface area contributed by atoms with Gasteiger partial charge in [-0.25, -0.2) is 9.18 Å². The van der Waals surface area contributed by atoms with Gasteiger partial charge >= 0.3 is 6.03 Å². The van der Waals surface area contributed by atoms with Gasteiger partial charge in [-0.3, -0.25) is 4.90 Å². The number of unbranched alkanes of at least 4 members (excludes halogenated alkanes) is 1. The van der Waals surface area contributed by atoms with Gasteiger partial charge in [0.1, 0.15) is 11.6 Å². The van der Waals surface area contributed by atoms with Gasteiger partial charge in [-0.15, -0.1) is 5.11 Å². The van der Waals surface area contributed by atoms with E-state index in [9.17, 15) is 9.18 Å². The Morgan fingerprint density at radius 1 is 1.07 bits per heavy atom. The molecule has 1 N–H and O–H groups in total. The lowest BCUT2D eigenvalue weighted by atomic mass is 10.2. The Kier molecular flexibility index (Phi) is 8.14. The van der Waals surface area contributed by atoms with Crippen LogP contribution in [0.3, 0.4) is 0 Å². The summed E-state index contributed by atoms with van der Waals surface area (Å²) in [7, 11) is 1.71. The molecule has 160 valence electrons. The van der Waals surface area contributed by atoms with Crippen molar-refractivity contribution in [2.75, 3.05) is 51.3 Å². The molecular weight excluding hydrogens is 384 g/mol. The lowest BCUT2D eigenvalue weighted by Gasteiger charge is -2.36. The number of anilines is 1. The molecule has 0 spiro atoms. The summed E-state index contributed by atoms with van der Waals surface area (Å²) in [6.07, 6.45) is 1.88. The number of amides is 2. The predicted molar refractivity (Wildman–Crippen MR) is 115 cm³/mol. The van der Waals surface area contributed by atoms with Gasteiger partial charge in [0, 0.05) is 32.7 Å². The third-order valence-electron chi connectivity index (χ3n) is 5.06. The fourth-order valence-corrected chi connectivity index (χ4v) is 3.41. The number of nitrogens with one attached hydrogen (secondary N) is 1. The van der Waals surface area contributed by atoms with Crippen LogP contribution in [0.1, 0.15) is 12.8 Å². The van der Waals surface area contributed by atoms with Gasteiger partial charge in [0.15, 0.2) is 0 Å². The minimum absolute atomic E-state index is 0.348. The minimum Gasteiger partial charge on any atom is -0.495 e. The summed E-state index contributed by atoms with van der Waals surface area (Å²) >= 11 is 0. The van der Waals surface area contributed by atoms with Crippen molar-refractivity contribution < 1.29 is 13.9 Å². The van der Waals surface area contributed by atoms with Crippen LogP contribution < -0.4 is 15.0 Å². The van der Waals surface area contributed by atoms with Crippen LogP contribution in [0.25, 0.3) is 0 Å². The minimum atomic E-state index is -0.482. The van der Waals surface area contributed by atoms with Crippen LogP contribution in [0.15, 0.2) is 58.8 Å². The summed E-state index contributed by atoms with van der Waals surface area (Å²) < 4.78 is 18.3. The van der Waals surface area contributed by atoms with Gasteiger partial charge in [0.25, 0.3) is 0 Å². The number of carbonyl (C=O) groups excluding carboxylic acids is 1. The SMILES string of the molecule is COc1ccccc1N1CCN(CCCCNC(=O)N=Nc2ccc([18F])cc2)CC1. The van der Waals surface area contributed by atoms with Crippen molar-refractivity contribution in [1.29, 1.82) is 0 Å². The number of rotatable bonds is 8.